The lowest BCUT2D eigenvalue weighted by Crippen LogP contribution is -2.55. The number of likely N-dealkylation sites (tertiary alicyclic amines) is 1. The van der Waals surface area contributed by atoms with Gasteiger partial charge >= 0.3 is 0 Å². The lowest BCUT2D eigenvalue weighted by molar-refractivity contribution is -0.142. The molecule has 1 aliphatic heterocycles. The standard InChI is InChI=1S/C24H24ClN3O2/c25-20-10-8-19(9-11-20)24(12-4-5-13-24)23(29)28-15-18(16-28)22-26-21(27-30-22)14-17-6-2-1-3-7-17/h1-3,6-11,18H,4-5,12-16H2. The number of rotatable bonds is 5. The molecule has 1 aromatic heterocycles. The Kier molecular flexibility index (Phi) is 5.07. The molecular weight excluding hydrogens is 398 g/mol. The average Bonchev–Trinajstić information content (AvgIpc) is 3.39. The zero-order valence-corrected chi connectivity index (χ0v) is 17.5. The van der Waals surface area contributed by atoms with Crippen LogP contribution in [-0.4, -0.2) is 34.0 Å². The van der Waals surface area contributed by atoms with E-state index in [0.717, 1.165) is 36.8 Å². The first-order chi connectivity index (χ1) is 14.6. The zero-order chi connectivity index (χ0) is 20.6. The van der Waals surface area contributed by atoms with Crippen molar-refractivity contribution in [3.05, 3.63) is 82.5 Å². The minimum absolute atomic E-state index is 0.120. The molecule has 0 N–H and O–H groups in total. The van der Waals surface area contributed by atoms with Crippen LogP contribution in [0, 0.1) is 0 Å². The third-order valence-electron chi connectivity index (χ3n) is 6.47. The second-order valence-corrected chi connectivity index (χ2v) is 8.85. The summed E-state index contributed by atoms with van der Waals surface area (Å²) < 4.78 is 5.50. The van der Waals surface area contributed by atoms with Gasteiger partial charge in [0.1, 0.15) is 0 Å². The molecule has 30 heavy (non-hydrogen) atoms. The summed E-state index contributed by atoms with van der Waals surface area (Å²) in [7, 11) is 0. The van der Waals surface area contributed by atoms with Gasteiger partial charge in [0, 0.05) is 24.5 Å². The number of aromatic nitrogens is 2. The molecule has 0 radical (unpaired) electrons. The first-order valence-electron chi connectivity index (χ1n) is 10.6. The van der Waals surface area contributed by atoms with E-state index < -0.39 is 5.41 Å². The van der Waals surface area contributed by atoms with Crippen molar-refractivity contribution in [2.45, 2.75) is 43.4 Å². The van der Waals surface area contributed by atoms with Gasteiger partial charge in [-0.15, -0.1) is 0 Å². The van der Waals surface area contributed by atoms with Crippen LogP contribution in [0.25, 0.3) is 0 Å². The third kappa shape index (κ3) is 3.52. The Morgan fingerprint density at radius 1 is 1.07 bits per heavy atom. The number of nitrogens with zero attached hydrogens (tertiary/aromatic N) is 3. The molecule has 1 saturated carbocycles. The maximum atomic E-state index is 13.5. The van der Waals surface area contributed by atoms with Crippen LogP contribution in [-0.2, 0) is 16.6 Å². The van der Waals surface area contributed by atoms with Crippen molar-refractivity contribution in [2.24, 2.45) is 0 Å². The number of carbonyl (C=O) groups excluding carboxylic acids is 1. The molecular formula is C24H24ClN3O2. The van der Waals surface area contributed by atoms with E-state index in [9.17, 15) is 4.79 Å². The van der Waals surface area contributed by atoms with E-state index in [1.54, 1.807) is 0 Å². The molecule has 2 aromatic carbocycles. The second-order valence-electron chi connectivity index (χ2n) is 8.41. The summed E-state index contributed by atoms with van der Waals surface area (Å²) in [5.74, 6) is 1.67. The van der Waals surface area contributed by atoms with Crippen molar-refractivity contribution in [1.29, 1.82) is 0 Å². The van der Waals surface area contributed by atoms with Crippen LogP contribution >= 0.6 is 11.6 Å². The minimum atomic E-state index is -0.414. The number of carbonyl (C=O) groups is 1. The van der Waals surface area contributed by atoms with Crippen LogP contribution in [0.3, 0.4) is 0 Å². The molecule has 1 aliphatic carbocycles. The van der Waals surface area contributed by atoms with Crippen LogP contribution in [0.5, 0.6) is 0 Å². The molecule has 0 unspecified atom stereocenters. The van der Waals surface area contributed by atoms with E-state index in [2.05, 4.69) is 22.3 Å². The summed E-state index contributed by atoms with van der Waals surface area (Å²) in [6.07, 6.45) is 4.61. The number of benzene rings is 2. The zero-order valence-electron chi connectivity index (χ0n) is 16.8. The highest BCUT2D eigenvalue weighted by Crippen LogP contribution is 2.44. The Hall–Kier alpha value is -2.66. The fourth-order valence-electron chi connectivity index (χ4n) is 4.76. The van der Waals surface area contributed by atoms with Crippen molar-refractivity contribution in [3.8, 4) is 0 Å². The SMILES string of the molecule is O=C(N1CC(c2nc(Cc3ccccc3)no2)C1)C1(c2ccc(Cl)cc2)CCCC1. The quantitative estimate of drug-likeness (QED) is 0.596. The van der Waals surface area contributed by atoms with Crippen LogP contribution in [0.2, 0.25) is 5.02 Å². The smallest absolute Gasteiger partial charge is 0.233 e. The maximum Gasteiger partial charge on any atom is 0.233 e. The summed E-state index contributed by atoms with van der Waals surface area (Å²) in [6.45, 7) is 1.28. The molecule has 2 aliphatic rings. The summed E-state index contributed by atoms with van der Waals surface area (Å²) in [4.78, 5) is 20.0. The number of amides is 1. The fourth-order valence-corrected chi connectivity index (χ4v) is 4.89. The van der Waals surface area contributed by atoms with Gasteiger partial charge in [0.15, 0.2) is 5.82 Å². The summed E-state index contributed by atoms with van der Waals surface area (Å²) in [5, 5.41) is 4.83. The van der Waals surface area contributed by atoms with Gasteiger partial charge in [-0.3, -0.25) is 4.79 Å². The highest BCUT2D eigenvalue weighted by Gasteiger charge is 2.48. The van der Waals surface area contributed by atoms with Crippen LogP contribution in [0.15, 0.2) is 59.1 Å². The van der Waals surface area contributed by atoms with Gasteiger partial charge in [-0.25, -0.2) is 0 Å². The van der Waals surface area contributed by atoms with E-state index in [1.807, 2.05) is 47.4 Å². The number of halogens is 1. The van der Waals surface area contributed by atoms with Crippen molar-refractivity contribution in [1.82, 2.24) is 15.0 Å². The van der Waals surface area contributed by atoms with Gasteiger partial charge in [-0.05, 0) is 36.1 Å². The largest absolute Gasteiger partial charge is 0.340 e. The normalized spacial score (nSPS) is 18.4. The molecule has 2 heterocycles. The molecule has 0 spiro atoms. The van der Waals surface area contributed by atoms with Crippen molar-refractivity contribution in [2.75, 3.05) is 13.1 Å². The Bertz CT molecular complexity index is 1020. The Morgan fingerprint density at radius 3 is 2.47 bits per heavy atom. The molecule has 6 heteroatoms. The molecule has 5 rings (SSSR count). The van der Waals surface area contributed by atoms with Gasteiger partial charge in [-0.1, -0.05) is 72.1 Å². The van der Waals surface area contributed by atoms with Gasteiger partial charge in [0.2, 0.25) is 11.8 Å². The highest BCUT2D eigenvalue weighted by molar-refractivity contribution is 6.30. The average molecular weight is 422 g/mol. The Labute approximate surface area is 181 Å². The third-order valence-corrected chi connectivity index (χ3v) is 6.72. The predicted molar refractivity (Wildman–Crippen MR) is 114 cm³/mol. The van der Waals surface area contributed by atoms with E-state index in [1.165, 1.54) is 0 Å². The molecule has 1 amide bonds. The summed E-state index contributed by atoms with van der Waals surface area (Å²) in [6, 6.07) is 17.9. The number of hydrogen-bond acceptors (Lipinski definition) is 4. The predicted octanol–water partition coefficient (Wildman–Crippen LogP) is 4.75. The molecule has 154 valence electrons. The molecule has 5 nitrogen and oxygen atoms in total. The summed E-state index contributed by atoms with van der Waals surface area (Å²) >= 11 is 6.07. The van der Waals surface area contributed by atoms with Crippen LogP contribution in [0.4, 0.5) is 0 Å². The molecule has 2 fully saturated rings. The van der Waals surface area contributed by atoms with E-state index in [0.29, 0.717) is 36.2 Å². The lowest BCUT2D eigenvalue weighted by atomic mass is 9.76. The van der Waals surface area contributed by atoms with Gasteiger partial charge in [0.05, 0.1) is 11.3 Å². The Balaban J connectivity index is 1.26. The highest BCUT2D eigenvalue weighted by atomic mass is 35.5. The summed E-state index contributed by atoms with van der Waals surface area (Å²) in [5.41, 5.74) is 1.82. The minimum Gasteiger partial charge on any atom is -0.340 e. The molecule has 3 aromatic rings. The van der Waals surface area contributed by atoms with Crippen molar-refractivity contribution < 1.29 is 9.32 Å². The monoisotopic (exact) mass is 421 g/mol. The fraction of sp³-hybridized carbons (Fsp3) is 0.375. The van der Waals surface area contributed by atoms with Crippen molar-refractivity contribution >= 4 is 17.5 Å². The molecule has 0 atom stereocenters. The lowest BCUT2D eigenvalue weighted by Gasteiger charge is -2.43. The molecule has 0 bridgehead atoms. The second kappa shape index (κ2) is 7.88. The number of hydrogen-bond donors (Lipinski definition) is 0. The first-order valence-corrected chi connectivity index (χ1v) is 10.9. The Morgan fingerprint density at radius 2 is 1.77 bits per heavy atom. The van der Waals surface area contributed by atoms with E-state index in [4.69, 9.17) is 16.1 Å². The van der Waals surface area contributed by atoms with Gasteiger partial charge < -0.3 is 9.42 Å². The van der Waals surface area contributed by atoms with Crippen LogP contribution < -0.4 is 0 Å². The topological polar surface area (TPSA) is 59.2 Å². The first kappa shape index (κ1) is 19.3. The van der Waals surface area contributed by atoms with Gasteiger partial charge in [0.25, 0.3) is 0 Å². The van der Waals surface area contributed by atoms with Crippen molar-refractivity contribution in [3.63, 3.8) is 0 Å². The van der Waals surface area contributed by atoms with E-state index >= 15 is 0 Å². The maximum absolute atomic E-state index is 13.5. The van der Waals surface area contributed by atoms with E-state index in [-0.39, 0.29) is 11.8 Å². The van der Waals surface area contributed by atoms with Crippen LogP contribution in [0.1, 0.15) is 54.4 Å². The molecule has 1 saturated heterocycles. The van der Waals surface area contributed by atoms with Gasteiger partial charge in [-0.2, -0.15) is 4.98 Å².